The molecule has 2 rings (SSSR count). The number of rotatable bonds is 4. The molecule has 1 aliphatic rings. The molecule has 0 aromatic carbocycles. The number of aryl methyl sites for hydroxylation is 1. The van der Waals surface area contributed by atoms with Crippen LogP contribution in [0.25, 0.3) is 0 Å². The first-order valence-electron chi connectivity index (χ1n) is 6.05. The second-order valence-corrected chi connectivity index (χ2v) is 5.11. The van der Waals surface area contributed by atoms with Crippen LogP contribution in [0.4, 0.5) is 0 Å². The van der Waals surface area contributed by atoms with Gasteiger partial charge in [-0.15, -0.1) is 0 Å². The van der Waals surface area contributed by atoms with Crippen molar-refractivity contribution in [2.45, 2.75) is 25.4 Å². The molecule has 1 saturated heterocycles. The van der Waals surface area contributed by atoms with Crippen LogP contribution >= 0.6 is 0 Å². The van der Waals surface area contributed by atoms with Gasteiger partial charge in [-0.05, 0) is 32.5 Å². The molecule has 0 spiro atoms. The van der Waals surface area contributed by atoms with Crippen LogP contribution in [0, 0.1) is 6.92 Å². The Kier molecular flexibility index (Phi) is 3.76. The van der Waals surface area contributed by atoms with Crippen LogP contribution in [0.2, 0.25) is 0 Å². The van der Waals surface area contributed by atoms with Gasteiger partial charge in [-0.3, -0.25) is 9.88 Å². The van der Waals surface area contributed by atoms with Crippen LogP contribution in [-0.4, -0.2) is 42.2 Å². The van der Waals surface area contributed by atoms with Gasteiger partial charge in [0.15, 0.2) is 0 Å². The molecule has 4 nitrogen and oxygen atoms in total. The quantitative estimate of drug-likeness (QED) is 0.844. The van der Waals surface area contributed by atoms with Gasteiger partial charge in [0.1, 0.15) is 0 Å². The first-order valence-corrected chi connectivity index (χ1v) is 6.05. The molecule has 4 heteroatoms. The molecule has 0 amide bonds. The molecular weight excluding hydrogens is 214 g/mol. The Bertz CT molecular complexity index is 375. The minimum Gasteiger partial charge on any atom is -0.379 e. The summed E-state index contributed by atoms with van der Waals surface area (Å²) in [6, 6.07) is 6.11. The summed E-state index contributed by atoms with van der Waals surface area (Å²) in [7, 11) is 2.08. The van der Waals surface area contributed by atoms with Crippen LogP contribution in [-0.2, 0) is 11.3 Å². The second-order valence-electron chi connectivity index (χ2n) is 5.11. The fraction of sp³-hybridized carbons (Fsp3) is 0.615. The molecule has 0 radical (unpaired) electrons. The van der Waals surface area contributed by atoms with Gasteiger partial charge in [0.25, 0.3) is 0 Å². The van der Waals surface area contributed by atoms with E-state index in [1.807, 2.05) is 19.1 Å². The molecule has 1 unspecified atom stereocenters. The monoisotopic (exact) mass is 235 g/mol. The number of nitrogens with two attached hydrogens (primary N) is 1. The zero-order valence-corrected chi connectivity index (χ0v) is 10.6. The number of likely N-dealkylation sites (N-methyl/N-ethyl adjacent to an activating group) is 1. The summed E-state index contributed by atoms with van der Waals surface area (Å²) in [5.74, 6) is 0. The van der Waals surface area contributed by atoms with Crippen LogP contribution in [0.15, 0.2) is 18.2 Å². The lowest BCUT2D eigenvalue weighted by Gasteiger charge is -2.28. The maximum atomic E-state index is 6.26. The highest BCUT2D eigenvalue weighted by Crippen LogP contribution is 2.17. The largest absolute Gasteiger partial charge is 0.379 e. The van der Waals surface area contributed by atoms with Crippen molar-refractivity contribution in [3.8, 4) is 0 Å². The van der Waals surface area contributed by atoms with E-state index in [1.54, 1.807) is 0 Å². The van der Waals surface area contributed by atoms with Crippen molar-refractivity contribution in [2.75, 3.05) is 26.8 Å². The Morgan fingerprint density at radius 2 is 2.35 bits per heavy atom. The molecule has 1 atom stereocenters. The van der Waals surface area contributed by atoms with E-state index in [2.05, 4.69) is 23.0 Å². The molecule has 1 aromatic heterocycles. The first-order chi connectivity index (χ1) is 8.07. The van der Waals surface area contributed by atoms with Gasteiger partial charge in [-0.1, -0.05) is 6.07 Å². The number of nitrogens with zero attached hydrogens (tertiary/aromatic N) is 2. The minimum atomic E-state index is -0.182. The van der Waals surface area contributed by atoms with Gasteiger partial charge >= 0.3 is 0 Å². The molecule has 1 aromatic rings. The summed E-state index contributed by atoms with van der Waals surface area (Å²) in [5, 5.41) is 0. The lowest BCUT2D eigenvalue weighted by molar-refractivity contribution is 0.159. The lowest BCUT2D eigenvalue weighted by Crippen LogP contribution is -2.49. The molecule has 0 bridgehead atoms. The van der Waals surface area contributed by atoms with E-state index in [0.29, 0.717) is 6.61 Å². The van der Waals surface area contributed by atoms with Crippen molar-refractivity contribution in [1.82, 2.24) is 9.88 Å². The van der Waals surface area contributed by atoms with Crippen molar-refractivity contribution in [3.05, 3.63) is 29.6 Å². The minimum absolute atomic E-state index is 0.182. The third-order valence-corrected chi connectivity index (χ3v) is 3.10. The molecule has 1 aliphatic heterocycles. The highest BCUT2D eigenvalue weighted by atomic mass is 16.5. The fourth-order valence-corrected chi connectivity index (χ4v) is 2.31. The maximum Gasteiger partial charge on any atom is 0.0659 e. The summed E-state index contributed by atoms with van der Waals surface area (Å²) in [6.07, 6.45) is 0.943. The summed E-state index contributed by atoms with van der Waals surface area (Å²) in [4.78, 5) is 6.72. The summed E-state index contributed by atoms with van der Waals surface area (Å²) in [5.41, 5.74) is 8.23. The van der Waals surface area contributed by atoms with Gasteiger partial charge in [-0.25, -0.2) is 0 Å². The van der Waals surface area contributed by atoms with Gasteiger partial charge in [0.2, 0.25) is 0 Å². The SMILES string of the molecule is Cc1cccc(CN(C)CC2(N)CCOC2)n1. The summed E-state index contributed by atoms with van der Waals surface area (Å²) < 4.78 is 5.36. The van der Waals surface area contributed by atoms with E-state index in [9.17, 15) is 0 Å². The van der Waals surface area contributed by atoms with Crippen molar-refractivity contribution >= 4 is 0 Å². The normalized spacial score (nSPS) is 24.5. The van der Waals surface area contributed by atoms with Crippen LogP contribution in [0.3, 0.4) is 0 Å². The van der Waals surface area contributed by atoms with E-state index in [0.717, 1.165) is 37.5 Å². The predicted octanol–water partition coefficient (Wildman–Crippen LogP) is 0.940. The van der Waals surface area contributed by atoms with Crippen molar-refractivity contribution in [3.63, 3.8) is 0 Å². The molecule has 1 fully saturated rings. The molecule has 17 heavy (non-hydrogen) atoms. The predicted molar refractivity (Wildman–Crippen MR) is 67.7 cm³/mol. The topological polar surface area (TPSA) is 51.4 Å². The molecule has 2 heterocycles. The Labute approximate surface area is 103 Å². The smallest absolute Gasteiger partial charge is 0.0659 e. The number of aromatic nitrogens is 1. The molecule has 0 aliphatic carbocycles. The van der Waals surface area contributed by atoms with Crippen molar-refractivity contribution in [2.24, 2.45) is 5.73 Å². The Morgan fingerprint density at radius 3 is 3.00 bits per heavy atom. The Morgan fingerprint density at radius 1 is 1.53 bits per heavy atom. The molecular formula is C13H21N3O. The van der Waals surface area contributed by atoms with Crippen LogP contribution in [0.5, 0.6) is 0 Å². The van der Waals surface area contributed by atoms with Gasteiger partial charge in [-0.2, -0.15) is 0 Å². The fourth-order valence-electron chi connectivity index (χ4n) is 2.31. The van der Waals surface area contributed by atoms with E-state index >= 15 is 0 Å². The summed E-state index contributed by atoms with van der Waals surface area (Å²) >= 11 is 0. The van der Waals surface area contributed by atoms with Gasteiger partial charge in [0.05, 0.1) is 17.8 Å². The van der Waals surface area contributed by atoms with Crippen LogP contribution < -0.4 is 5.73 Å². The van der Waals surface area contributed by atoms with Crippen molar-refractivity contribution in [1.29, 1.82) is 0 Å². The number of pyridine rings is 1. The Hall–Kier alpha value is -0.970. The molecule has 2 N–H and O–H groups in total. The highest BCUT2D eigenvalue weighted by Gasteiger charge is 2.31. The Balaban J connectivity index is 1.90. The van der Waals surface area contributed by atoms with E-state index in [-0.39, 0.29) is 5.54 Å². The van der Waals surface area contributed by atoms with Gasteiger partial charge in [0, 0.05) is 25.4 Å². The number of hydrogen-bond donors (Lipinski definition) is 1. The first kappa shape index (κ1) is 12.5. The number of ether oxygens (including phenoxy) is 1. The molecule has 0 saturated carbocycles. The molecule has 94 valence electrons. The average Bonchev–Trinajstić information content (AvgIpc) is 2.64. The van der Waals surface area contributed by atoms with E-state index < -0.39 is 0 Å². The van der Waals surface area contributed by atoms with Crippen molar-refractivity contribution < 1.29 is 4.74 Å². The summed E-state index contributed by atoms with van der Waals surface area (Å²) in [6.45, 7) is 5.15. The van der Waals surface area contributed by atoms with E-state index in [1.165, 1.54) is 0 Å². The third kappa shape index (κ3) is 3.49. The average molecular weight is 235 g/mol. The zero-order valence-electron chi connectivity index (χ0n) is 10.6. The zero-order chi connectivity index (χ0) is 12.3. The van der Waals surface area contributed by atoms with Gasteiger partial charge < -0.3 is 10.5 Å². The van der Waals surface area contributed by atoms with Crippen LogP contribution in [0.1, 0.15) is 17.8 Å². The number of hydrogen-bond acceptors (Lipinski definition) is 4. The standard InChI is InChI=1S/C13H21N3O/c1-11-4-3-5-12(15-11)8-16(2)9-13(14)6-7-17-10-13/h3-5H,6-10,14H2,1-2H3. The third-order valence-electron chi connectivity index (χ3n) is 3.10. The van der Waals surface area contributed by atoms with E-state index in [4.69, 9.17) is 10.5 Å². The second kappa shape index (κ2) is 5.12. The maximum absolute atomic E-state index is 6.26. The lowest BCUT2D eigenvalue weighted by atomic mass is 10.00. The highest BCUT2D eigenvalue weighted by molar-refractivity contribution is 5.09.